The third kappa shape index (κ3) is 5.81. The Bertz CT molecular complexity index is 985. The van der Waals surface area contributed by atoms with Crippen molar-refractivity contribution in [1.29, 1.82) is 0 Å². The van der Waals surface area contributed by atoms with Gasteiger partial charge in [-0.2, -0.15) is 11.8 Å². The van der Waals surface area contributed by atoms with E-state index in [0.717, 1.165) is 65.9 Å². The number of hydrogen-bond acceptors (Lipinski definition) is 8. The maximum atomic E-state index is 10.7. The highest BCUT2D eigenvalue weighted by atomic mass is 32.2. The van der Waals surface area contributed by atoms with Crippen molar-refractivity contribution in [3.05, 3.63) is 60.1 Å². The average molecular weight is 470 g/mol. The van der Waals surface area contributed by atoms with E-state index in [1.54, 1.807) is 6.26 Å². The minimum atomic E-state index is -0.574. The first-order chi connectivity index (χ1) is 16.3. The number of anilines is 1. The molecule has 0 radical (unpaired) electrons. The number of nitrogens with zero attached hydrogens (tertiary/aromatic N) is 3. The number of aromatic nitrogens is 1. The number of benzene rings is 1. The number of thioether (sulfide) groups is 1. The van der Waals surface area contributed by atoms with Crippen LogP contribution < -0.4 is 4.90 Å². The lowest BCUT2D eigenvalue weighted by Gasteiger charge is -2.29. The van der Waals surface area contributed by atoms with Crippen LogP contribution in [0.25, 0.3) is 11.3 Å². The maximum absolute atomic E-state index is 10.7. The van der Waals surface area contributed by atoms with E-state index in [1.807, 2.05) is 42.1 Å². The van der Waals surface area contributed by atoms with Gasteiger partial charge in [-0.1, -0.05) is 35.5 Å². The van der Waals surface area contributed by atoms with Crippen LogP contribution in [-0.2, 0) is 17.9 Å². The summed E-state index contributed by atoms with van der Waals surface area (Å²) in [5, 5.41) is 15.2. The zero-order valence-corrected chi connectivity index (χ0v) is 19.6. The van der Waals surface area contributed by atoms with E-state index in [-0.39, 0.29) is 6.61 Å². The van der Waals surface area contributed by atoms with E-state index >= 15 is 0 Å². The van der Waals surface area contributed by atoms with Gasteiger partial charge in [-0.25, -0.2) is 0 Å². The van der Waals surface area contributed by atoms with Gasteiger partial charge < -0.3 is 23.7 Å². The molecule has 1 aliphatic heterocycles. The molecule has 7 nitrogen and oxygen atoms in total. The van der Waals surface area contributed by atoms with Crippen molar-refractivity contribution >= 4 is 17.6 Å². The Morgan fingerprint density at radius 2 is 1.97 bits per heavy atom. The second-order valence-electron chi connectivity index (χ2n) is 8.69. The molecule has 33 heavy (non-hydrogen) atoms. The van der Waals surface area contributed by atoms with Crippen molar-refractivity contribution < 1.29 is 18.8 Å². The molecule has 3 aromatic rings. The summed E-state index contributed by atoms with van der Waals surface area (Å²) in [5.74, 6) is 3.84. The quantitative estimate of drug-likeness (QED) is 0.451. The molecule has 0 spiro atoms. The van der Waals surface area contributed by atoms with Gasteiger partial charge in [0, 0.05) is 49.3 Å². The molecule has 1 aliphatic carbocycles. The van der Waals surface area contributed by atoms with Crippen LogP contribution in [0.15, 0.2) is 57.7 Å². The van der Waals surface area contributed by atoms with Gasteiger partial charge in [-0.3, -0.25) is 4.90 Å². The number of rotatable bonds is 11. The highest BCUT2D eigenvalue weighted by Gasteiger charge is 2.33. The number of ether oxygens (including phenoxy) is 1. The molecule has 1 N–H and O–H groups in total. The number of hydrogen-bond donors (Lipinski definition) is 1. The molecule has 3 heterocycles. The lowest BCUT2D eigenvalue weighted by Crippen LogP contribution is -2.37. The Kier molecular flexibility index (Phi) is 7.36. The first kappa shape index (κ1) is 22.5. The fourth-order valence-electron chi connectivity index (χ4n) is 4.28. The van der Waals surface area contributed by atoms with Gasteiger partial charge in [0.25, 0.3) is 0 Å². The standard InChI is InChI=1S/C25H31N3O4S/c29-21(17-30-18-22-7-4-12-31-22)15-28(20-8-9-20)16-23-24(19-5-2-1-3-6-19)26-32-25(23)27-10-13-33-14-11-27/h1-7,12,20-21,29H,8-11,13-18H2. The minimum absolute atomic E-state index is 0.273. The lowest BCUT2D eigenvalue weighted by molar-refractivity contribution is 0.00248. The molecule has 2 aliphatic rings. The molecule has 2 aromatic heterocycles. The van der Waals surface area contributed by atoms with Crippen LogP contribution in [0.4, 0.5) is 5.88 Å². The summed E-state index contributed by atoms with van der Waals surface area (Å²) in [5.41, 5.74) is 3.08. The molecular weight excluding hydrogens is 438 g/mol. The molecule has 0 bridgehead atoms. The number of furan rings is 1. The van der Waals surface area contributed by atoms with Gasteiger partial charge in [0.1, 0.15) is 18.1 Å². The summed E-state index contributed by atoms with van der Waals surface area (Å²) in [7, 11) is 0. The molecule has 8 heteroatoms. The molecular formula is C25H31N3O4S. The van der Waals surface area contributed by atoms with Crippen molar-refractivity contribution in [1.82, 2.24) is 10.1 Å². The van der Waals surface area contributed by atoms with Gasteiger partial charge in [-0.05, 0) is 25.0 Å². The molecule has 5 rings (SSSR count). The molecule has 1 saturated carbocycles. The zero-order chi connectivity index (χ0) is 22.5. The Hall–Kier alpha value is -2.26. The van der Waals surface area contributed by atoms with Crippen LogP contribution in [0, 0.1) is 0 Å². The van der Waals surface area contributed by atoms with Crippen molar-refractivity contribution in [2.45, 2.75) is 38.1 Å². The second kappa shape index (κ2) is 10.8. The Balaban J connectivity index is 1.31. The van der Waals surface area contributed by atoms with Gasteiger partial charge in [0.05, 0.1) is 24.5 Å². The SMILES string of the molecule is OC(COCc1ccco1)CN(Cc1c(-c2ccccc2)noc1N1CCSCC1)C1CC1. The highest BCUT2D eigenvalue weighted by molar-refractivity contribution is 7.99. The van der Waals surface area contributed by atoms with E-state index in [2.05, 4.69) is 27.1 Å². The molecule has 1 saturated heterocycles. The van der Waals surface area contributed by atoms with E-state index in [0.29, 0.717) is 25.7 Å². The Morgan fingerprint density at radius 3 is 2.70 bits per heavy atom. The van der Waals surface area contributed by atoms with Crippen molar-refractivity contribution in [3.63, 3.8) is 0 Å². The van der Waals surface area contributed by atoms with E-state index < -0.39 is 6.10 Å². The van der Waals surface area contributed by atoms with Crippen LogP contribution in [0.5, 0.6) is 0 Å². The third-order valence-electron chi connectivity index (χ3n) is 6.12. The predicted octanol–water partition coefficient (Wildman–Crippen LogP) is 4.03. The van der Waals surface area contributed by atoms with Crippen molar-refractivity contribution in [2.24, 2.45) is 0 Å². The van der Waals surface area contributed by atoms with Crippen molar-refractivity contribution in [3.8, 4) is 11.3 Å². The van der Waals surface area contributed by atoms with Gasteiger partial charge in [-0.15, -0.1) is 0 Å². The average Bonchev–Trinajstić information content (AvgIpc) is 3.41. The van der Waals surface area contributed by atoms with Crippen LogP contribution in [-0.4, -0.2) is 65.1 Å². The second-order valence-corrected chi connectivity index (χ2v) is 9.91. The first-order valence-electron chi connectivity index (χ1n) is 11.7. The van der Waals surface area contributed by atoms with Crippen LogP contribution in [0.3, 0.4) is 0 Å². The normalized spacial score (nSPS) is 17.6. The van der Waals surface area contributed by atoms with E-state index in [1.165, 1.54) is 0 Å². The molecule has 2 fully saturated rings. The zero-order valence-electron chi connectivity index (χ0n) is 18.8. The molecule has 1 unspecified atom stereocenters. The highest BCUT2D eigenvalue weighted by Crippen LogP contribution is 2.36. The fourth-order valence-corrected chi connectivity index (χ4v) is 5.18. The fraction of sp³-hybridized carbons (Fsp3) is 0.480. The smallest absolute Gasteiger partial charge is 0.232 e. The first-order valence-corrected chi connectivity index (χ1v) is 12.8. The summed E-state index contributed by atoms with van der Waals surface area (Å²) < 4.78 is 16.9. The lowest BCUT2D eigenvalue weighted by atomic mass is 10.1. The number of aliphatic hydroxyl groups excluding tert-OH is 1. The van der Waals surface area contributed by atoms with Gasteiger partial charge in [0.15, 0.2) is 0 Å². The minimum Gasteiger partial charge on any atom is -0.467 e. The summed E-state index contributed by atoms with van der Waals surface area (Å²) in [6, 6.07) is 14.4. The molecule has 176 valence electrons. The number of aliphatic hydroxyl groups is 1. The van der Waals surface area contributed by atoms with Gasteiger partial charge >= 0.3 is 0 Å². The maximum Gasteiger partial charge on any atom is 0.232 e. The summed E-state index contributed by atoms with van der Waals surface area (Å²) >= 11 is 1.98. The summed E-state index contributed by atoms with van der Waals surface area (Å²) in [4.78, 5) is 4.68. The van der Waals surface area contributed by atoms with Crippen molar-refractivity contribution in [2.75, 3.05) is 42.6 Å². The van der Waals surface area contributed by atoms with Gasteiger partial charge in [0.2, 0.25) is 5.88 Å². The Morgan fingerprint density at radius 1 is 1.15 bits per heavy atom. The van der Waals surface area contributed by atoms with Crippen LogP contribution >= 0.6 is 11.8 Å². The molecule has 1 aromatic carbocycles. The monoisotopic (exact) mass is 469 g/mol. The Labute approximate surface area is 198 Å². The molecule has 0 amide bonds. The summed E-state index contributed by atoms with van der Waals surface area (Å²) in [6.45, 7) is 3.83. The largest absolute Gasteiger partial charge is 0.467 e. The van der Waals surface area contributed by atoms with E-state index in [4.69, 9.17) is 13.7 Å². The van der Waals surface area contributed by atoms with Crippen LogP contribution in [0.1, 0.15) is 24.2 Å². The predicted molar refractivity (Wildman–Crippen MR) is 129 cm³/mol. The third-order valence-corrected chi connectivity index (χ3v) is 7.06. The van der Waals surface area contributed by atoms with E-state index in [9.17, 15) is 5.11 Å². The molecule has 1 atom stereocenters. The topological polar surface area (TPSA) is 75.1 Å². The van der Waals surface area contributed by atoms with Crippen LogP contribution in [0.2, 0.25) is 0 Å². The summed E-state index contributed by atoms with van der Waals surface area (Å²) in [6.07, 6.45) is 3.37.